The smallest absolute Gasteiger partial charge is 0.230 e. The lowest BCUT2D eigenvalue weighted by Gasteiger charge is -2.62. The van der Waals surface area contributed by atoms with Crippen LogP contribution >= 0.6 is 15.9 Å². The minimum Gasteiger partial charge on any atom is -0.390 e. The van der Waals surface area contributed by atoms with Crippen LogP contribution in [0.3, 0.4) is 0 Å². The van der Waals surface area contributed by atoms with Crippen LogP contribution in [-0.4, -0.2) is 81.5 Å². The number of ketones is 2. The number of nitrogens with zero attached hydrogens (tertiary/aromatic N) is 3. The number of ether oxygens (including phenoxy) is 2. The van der Waals surface area contributed by atoms with Gasteiger partial charge in [0.2, 0.25) is 5.95 Å². The molecule has 380 valence electrons. The average molecular weight is 1010 g/mol. The molecule has 0 bridgehead atoms. The molecule has 10 rings (SSSR count). The molecule has 8 aliphatic carbocycles. The SMILES string of the molecule is C.C.COC[C@]12CC[C@@](C)(O)C[C@@H]1CC[C@H]1[C@@H]3CC[C@H](C(=O)CBr)[C@@]3(C)CC[C@@H]12.COC[C@]12CC[C@@](C)(O)C[C@@H]1CC[C@H]1[C@@H]3CC[C@H](C(=O)Cn4cnc(F)c4)[C@@]3(C)CC[C@@H]12.FC1=CN=CC1. The maximum atomic E-state index is 13.3. The van der Waals surface area contributed by atoms with Crippen LogP contribution in [0.4, 0.5) is 8.78 Å². The Bertz CT molecular complexity index is 1940. The molecule has 1 aromatic heterocycles. The van der Waals surface area contributed by atoms with Gasteiger partial charge in [0, 0.05) is 38.7 Å². The maximum Gasteiger partial charge on any atom is 0.230 e. The van der Waals surface area contributed by atoms with Crippen molar-refractivity contribution in [1.29, 1.82) is 0 Å². The van der Waals surface area contributed by atoms with Crippen molar-refractivity contribution in [3.8, 4) is 0 Å². The summed E-state index contributed by atoms with van der Waals surface area (Å²) in [7, 11) is 3.69. The van der Waals surface area contributed by atoms with E-state index in [1.807, 2.05) is 28.1 Å². The number of rotatable bonds is 9. The molecule has 2 heterocycles. The number of carbonyl (C=O) groups excluding carboxylic acids is 2. The Morgan fingerprint density at radius 2 is 1.19 bits per heavy atom. The Morgan fingerprint density at radius 3 is 1.58 bits per heavy atom. The Labute approximate surface area is 411 Å². The maximum absolute atomic E-state index is 13.3. The molecule has 0 spiro atoms. The van der Waals surface area contributed by atoms with Crippen molar-refractivity contribution in [2.75, 3.05) is 32.8 Å². The molecule has 12 heteroatoms. The van der Waals surface area contributed by atoms with Crippen LogP contribution in [0, 0.1) is 86.8 Å². The van der Waals surface area contributed by atoms with Gasteiger partial charge in [0.15, 0.2) is 5.78 Å². The number of halogens is 3. The number of aliphatic hydroxyl groups is 2. The molecule has 8 saturated carbocycles. The van der Waals surface area contributed by atoms with Gasteiger partial charge in [-0.15, -0.1) is 0 Å². The number of alkyl halides is 1. The van der Waals surface area contributed by atoms with Crippen molar-refractivity contribution in [3.05, 3.63) is 30.5 Å². The molecule has 0 unspecified atom stereocenters. The number of fused-ring (bicyclic) bond motifs is 10. The van der Waals surface area contributed by atoms with E-state index < -0.39 is 17.1 Å². The predicted octanol–water partition coefficient (Wildman–Crippen LogP) is 12.2. The van der Waals surface area contributed by atoms with Crippen LogP contribution in [0.2, 0.25) is 0 Å². The number of aliphatic imine (C=N–C) groups is 1. The van der Waals surface area contributed by atoms with E-state index in [4.69, 9.17) is 9.47 Å². The number of hydrogen-bond acceptors (Lipinski definition) is 8. The zero-order chi connectivity index (χ0) is 46.6. The zero-order valence-electron chi connectivity index (χ0n) is 40.3. The molecule has 1 aromatic rings. The Hall–Kier alpha value is -1.86. The first-order chi connectivity index (χ1) is 30.8. The summed E-state index contributed by atoms with van der Waals surface area (Å²) in [6.45, 7) is 10.7. The van der Waals surface area contributed by atoms with Crippen molar-refractivity contribution < 1.29 is 38.1 Å². The normalized spacial score (nSPS) is 44.4. The summed E-state index contributed by atoms with van der Waals surface area (Å²) < 4.78 is 38.2. The van der Waals surface area contributed by atoms with Gasteiger partial charge in [-0.3, -0.25) is 14.6 Å². The molecule has 2 N–H and O–H groups in total. The number of methoxy groups -OCH3 is 2. The van der Waals surface area contributed by atoms with E-state index in [1.54, 1.807) is 4.57 Å². The van der Waals surface area contributed by atoms with E-state index >= 15 is 0 Å². The number of allylic oxidation sites excluding steroid dienone is 1. The molecule has 0 radical (unpaired) electrons. The third kappa shape index (κ3) is 10.2. The van der Waals surface area contributed by atoms with Gasteiger partial charge in [-0.25, -0.2) is 9.37 Å². The second-order valence-electron chi connectivity index (χ2n) is 23.9. The van der Waals surface area contributed by atoms with Crippen LogP contribution in [-0.2, 0) is 25.6 Å². The van der Waals surface area contributed by atoms with Gasteiger partial charge in [-0.05, 0) is 198 Å². The predicted molar refractivity (Wildman–Crippen MR) is 266 cm³/mol. The monoisotopic (exact) mass is 1000 g/mol. The number of Topliss-reactive ketones (excluding diaryl/α,β-unsaturated/α-hetero) is 2. The number of hydrogen-bond donors (Lipinski definition) is 2. The van der Waals surface area contributed by atoms with Crippen LogP contribution in [0.1, 0.15) is 165 Å². The van der Waals surface area contributed by atoms with E-state index in [2.05, 4.69) is 39.8 Å². The summed E-state index contributed by atoms with van der Waals surface area (Å²) in [6.07, 6.45) is 25.6. The van der Waals surface area contributed by atoms with Gasteiger partial charge in [-0.2, -0.15) is 4.39 Å². The highest BCUT2D eigenvalue weighted by molar-refractivity contribution is 9.09. The molecule has 9 aliphatic rings. The van der Waals surface area contributed by atoms with Crippen LogP contribution in [0.5, 0.6) is 0 Å². The fourth-order valence-corrected chi connectivity index (χ4v) is 18.1. The van der Waals surface area contributed by atoms with E-state index in [0.717, 1.165) is 89.8 Å². The highest BCUT2D eigenvalue weighted by Crippen LogP contribution is 2.70. The molecule has 0 amide bonds. The van der Waals surface area contributed by atoms with Crippen LogP contribution < -0.4 is 0 Å². The van der Waals surface area contributed by atoms with Crippen molar-refractivity contribution in [1.82, 2.24) is 9.55 Å². The second kappa shape index (κ2) is 21.1. The number of carbonyl (C=O) groups is 2. The minimum atomic E-state index is -0.546. The van der Waals surface area contributed by atoms with E-state index in [1.165, 1.54) is 69.9 Å². The summed E-state index contributed by atoms with van der Waals surface area (Å²) in [5.41, 5.74) is -0.378. The largest absolute Gasteiger partial charge is 0.390 e. The van der Waals surface area contributed by atoms with Crippen LogP contribution in [0.25, 0.3) is 0 Å². The average Bonchev–Trinajstić information content (AvgIpc) is 4.07. The molecule has 0 saturated heterocycles. The van der Waals surface area contributed by atoms with Gasteiger partial charge >= 0.3 is 0 Å². The molecule has 1 aliphatic heterocycles. The Balaban J connectivity index is 0.000000193. The summed E-state index contributed by atoms with van der Waals surface area (Å²) in [5.74, 6) is 5.43. The fraction of sp³-hybridized carbons (Fsp3) is 0.855. The fourth-order valence-electron chi connectivity index (χ4n) is 17.8. The van der Waals surface area contributed by atoms with E-state index in [-0.39, 0.29) is 66.5 Å². The van der Waals surface area contributed by atoms with Gasteiger partial charge in [0.25, 0.3) is 0 Å². The summed E-state index contributed by atoms with van der Waals surface area (Å²) in [6, 6.07) is 0. The molecule has 8 fully saturated rings. The lowest BCUT2D eigenvalue weighted by atomic mass is 9.43. The third-order valence-electron chi connectivity index (χ3n) is 20.6. The molecule has 16 atom stereocenters. The summed E-state index contributed by atoms with van der Waals surface area (Å²) in [5, 5.41) is 22.0. The Kier molecular flexibility index (Phi) is 17.1. The topological polar surface area (TPSA) is 123 Å². The quantitative estimate of drug-likeness (QED) is 0.236. The van der Waals surface area contributed by atoms with Gasteiger partial charge in [0.05, 0.1) is 55.0 Å². The first-order valence-corrected chi connectivity index (χ1v) is 26.5. The first-order valence-electron chi connectivity index (χ1n) is 25.4. The highest BCUT2D eigenvalue weighted by atomic mass is 79.9. The van der Waals surface area contributed by atoms with E-state index in [0.29, 0.717) is 59.0 Å². The lowest BCUT2D eigenvalue weighted by molar-refractivity contribution is -0.175. The molecule has 0 aromatic carbocycles. The summed E-state index contributed by atoms with van der Waals surface area (Å²) >= 11 is 3.43. The van der Waals surface area contributed by atoms with Gasteiger partial charge in [-0.1, -0.05) is 44.6 Å². The second-order valence-corrected chi connectivity index (χ2v) is 24.5. The first kappa shape index (κ1) is 54.5. The number of imidazole rings is 1. The molecule has 67 heavy (non-hydrogen) atoms. The van der Waals surface area contributed by atoms with Crippen molar-refractivity contribution in [2.45, 2.75) is 182 Å². The molecular weight excluding hydrogens is 917 g/mol. The van der Waals surface area contributed by atoms with Gasteiger partial charge in [0.1, 0.15) is 11.6 Å². The highest BCUT2D eigenvalue weighted by Gasteiger charge is 2.65. The van der Waals surface area contributed by atoms with E-state index in [9.17, 15) is 28.6 Å². The van der Waals surface area contributed by atoms with Crippen molar-refractivity contribution in [3.63, 3.8) is 0 Å². The summed E-state index contributed by atoms with van der Waals surface area (Å²) in [4.78, 5) is 33.0. The minimum absolute atomic E-state index is 0. The van der Waals surface area contributed by atoms with Gasteiger partial charge < -0.3 is 24.3 Å². The molecule has 9 nitrogen and oxygen atoms in total. The number of aromatic nitrogens is 2. The standard InChI is InChI=1S/C26H39FN2O3.C23H37BrO3.C4H4FN.2CH4/c1-24(31)10-11-26(15-32-3)17(12-24)4-5-18-19-6-7-21(25(19,2)9-8-20(18)26)22(30)13-29-14-23(27)28-16-29;1-21(26)10-11-23(14-27-3)15(12-21)4-5-16-17-6-7-19(20(25)13-24)22(17,2)9-8-18(16)23;5-4-1-2-6-3-4;;/h14,16-21,31H,4-13,15H2,1-3H3;15-19,26H,4-14H2,1-3H3;2-3H,1H2;2*1H4/t17-,18-,19-,20-,21+,24+,25-,26+;15-,16-,17-,18-,19+,21+,22-,23+;;;/m00.../s1. The van der Waals surface area contributed by atoms with Crippen molar-refractivity contribution in [2.24, 2.45) is 85.8 Å². The Morgan fingerprint density at radius 1 is 0.701 bits per heavy atom. The third-order valence-corrected chi connectivity index (χ3v) is 21.1. The molecular formula is C55H88BrF2N3O6. The lowest BCUT2D eigenvalue weighted by Crippen LogP contribution is -2.58. The zero-order valence-corrected chi connectivity index (χ0v) is 41.9. The van der Waals surface area contributed by atoms with Crippen molar-refractivity contribution >= 4 is 33.7 Å². The van der Waals surface area contributed by atoms with Crippen LogP contribution in [0.15, 0.2) is 29.5 Å².